The number of allylic oxidation sites excluding steroid dienone is 1. The lowest BCUT2D eigenvalue weighted by Crippen LogP contribution is -2.28. The third-order valence-electron chi connectivity index (χ3n) is 4.86. The molecule has 0 unspecified atom stereocenters. The molecule has 0 saturated carbocycles. The number of hydrogen-bond donors (Lipinski definition) is 2. The molecule has 0 spiro atoms. The van der Waals surface area contributed by atoms with Crippen LogP contribution in [0.1, 0.15) is 34.7 Å². The topological polar surface area (TPSA) is 98.1 Å². The average molecular weight is 500 g/mol. The van der Waals surface area contributed by atoms with Crippen molar-refractivity contribution in [1.82, 2.24) is 20.1 Å². The summed E-state index contributed by atoms with van der Waals surface area (Å²) in [7, 11) is 1.56. The van der Waals surface area contributed by atoms with E-state index in [2.05, 4.69) is 27.4 Å². The minimum Gasteiger partial charge on any atom is -0.495 e. The minimum absolute atomic E-state index is 0.123. The quantitative estimate of drug-likeness (QED) is 0.311. The first-order valence-electron chi connectivity index (χ1n) is 10.5. The second kappa shape index (κ2) is 11.7. The zero-order valence-corrected chi connectivity index (χ0v) is 20.7. The number of rotatable bonds is 10. The van der Waals surface area contributed by atoms with Crippen molar-refractivity contribution in [3.8, 4) is 5.75 Å². The van der Waals surface area contributed by atoms with Crippen LogP contribution >= 0.6 is 23.4 Å². The first-order chi connectivity index (χ1) is 16.3. The van der Waals surface area contributed by atoms with Gasteiger partial charge in [-0.15, -0.1) is 16.8 Å². The summed E-state index contributed by atoms with van der Waals surface area (Å²) in [5.74, 6) is 0.820. The minimum atomic E-state index is -0.421. The van der Waals surface area contributed by atoms with Gasteiger partial charge in [-0.05, 0) is 55.8 Å². The van der Waals surface area contributed by atoms with Crippen LogP contribution in [0.2, 0.25) is 5.02 Å². The largest absolute Gasteiger partial charge is 0.495 e. The fourth-order valence-electron chi connectivity index (χ4n) is 3.21. The molecule has 1 aromatic heterocycles. The standard InChI is InChI=1S/C24H26ClN5O3S/c1-5-12-30-22(16(3)26-23(32)17-7-9-18(25)10-8-17)28-29-24(30)34-14-21(31)27-19-13-15(2)6-11-20(19)33-4/h5-11,13,16H,1,12,14H2,2-4H3,(H,26,32)(H,27,31)/t16-/m0/s1. The van der Waals surface area contributed by atoms with E-state index >= 15 is 0 Å². The first-order valence-corrected chi connectivity index (χ1v) is 11.9. The van der Waals surface area contributed by atoms with Gasteiger partial charge < -0.3 is 19.9 Å². The highest BCUT2D eigenvalue weighted by Gasteiger charge is 2.20. The molecular formula is C24H26ClN5O3S. The summed E-state index contributed by atoms with van der Waals surface area (Å²) in [5.41, 5.74) is 2.11. The number of aromatic nitrogens is 3. The Morgan fingerprint density at radius 1 is 1.24 bits per heavy atom. The molecule has 0 bridgehead atoms. The first kappa shape index (κ1) is 25.3. The summed E-state index contributed by atoms with van der Waals surface area (Å²) in [4.78, 5) is 25.2. The molecule has 2 amide bonds. The van der Waals surface area contributed by atoms with Crippen LogP contribution < -0.4 is 15.4 Å². The number of nitrogens with one attached hydrogen (secondary N) is 2. The van der Waals surface area contributed by atoms with Crippen LogP contribution in [0, 0.1) is 6.92 Å². The molecule has 2 N–H and O–H groups in total. The lowest BCUT2D eigenvalue weighted by atomic mass is 10.2. The Morgan fingerprint density at radius 2 is 1.97 bits per heavy atom. The summed E-state index contributed by atoms with van der Waals surface area (Å²) in [6.45, 7) is 7.99. The van der Waals surface area contributed by atoms with Crippen LogP contribution in [0.25, 0.3) is 0 Å². The van der Waals surface area contributed by atoms with Crippen LogP contribution in [0.5, 0.6) is 5.75 Å². The fourth-order valence-corrected chi connectivity index (χ4v) is 4.09. The molecule has 0 aliphatic heterocycles. The molecule has 3 rings (SSSR count). The van der Waals surface area contributed by atoms with Crippen molar-refractivity contribution in [2.45, 2.75) is 31.6 Å². The highest BCUT2D eigenvalue weighted by molar-refractivity contribution is 7.99. The zero-order valence-electron chi connectivity index (χ0n) is 19.2. The molecule has 2 aromatic carbocycles. The van der Waals surface area contributed by atoms with Crippen LogP contribution in [-0.4, -0.2) is 39.4 Å². The third kappa shape index (κ3) is 6.39. The monoisotopic (exact) mass is 499 g/mol. The van der Waals surface area contributed by atoms with Crippen molar-refractivity contribution >= 4 is 40.9 Å². The van der Waals surface area contributed by atoms with Crippen molar-refractivity contribution in [1.29, 1.82) is 0 Å². The molecule has 1 heterocycles. The SMILES string of the molecule is C=CCn1c(SCC(=O)Nc2cc(C)ccc2OC)nnc1[C@H](C)NC(=O)c1ccc(Cl)cc1. The van der Waals surface area contributed by atoms with Crippen LogP contribution in [0.3, 0.4) is 0 Å². The van der Waals surface area contributed by atoms with Gasteiger partial charge in [0.1, 0.15) is 5.75 Å². The number of hydrogen-bond acceptors (Lipinski definition) is 6. The lowest BCUT2D eigenvalue weighted by molar-refractivity contribution is -0.113. The van der Waals surface area contributed by atoms with Gasteiger partial charge in [0.05, 0.1) is 24.6 Å². The number of amides is 2. The van der Waals surface area contributed by atoms with Gasteiger partial charge in [0.15, 0.2) is 11.0 Å². The molecule has 3 aromatic rings. The van der Waals surface area contributed by atoms with E-state index < -0.39 is 6.04 Å². The normalized spacial score (nSPS) is 11.5. The van der Waals surface area contributed by atoms with Crippen molar-refractivity contribution in [2.75, 3.05) is 18.2 Å². The summed E-state index contributed by atoms with van der Waals surface area (Å²) in [6, 6.07) is 11.8. The van der Waals surface area contributed by atoms with E-state index in [-0.39, 0.29) is 17.6 Å². The third-order valence-corrected chi connectivity index (χ3v) is 6.08. The zero-order chi connectivity index (χ0) is 24.7. The second-order valence-electron chi connectivity index (χ2n) is 7.48. The molecule has 0 radical (unpaired) electrons. The van der Waals surface area contributed by atoms with E-state index in [4.69, 9.17) is 16.3 Å². The Kier molecular flexibility index (Phi) is 8.72. The van der Waals surface area contributed by atoms with Gasteiger partial charge in [-0.3, -0.25) is 9.59 Å². The second-order valence-corrected chi connectivity index (χ2v) is 8.86. The number of benzene rings is 2. The number of aryl methyl sites for hydroxylation is 1. The van der Waals surface area contributed by atoms with Crippen LogP contribution in [0.4, 0.5) is 5.69 Å². The fraction of sp³-hybridized carbons (Fsp3) is 0.250. The van der Waals surface area contributed by atoms with Crippen molar-refractivity contribution in [2.24, 2.45) is 0 Å². The number of thioether (sulfide) groups is 1. The Labute approximate surface area is 207 Å². The highest BCUT2D eigenvalue weighted by atomic mass is 35.5. The van der Waals surface area contributed by atoms with E-state index in [1.807, 2.05) is 36.6 Å². The van der Waals surface area contributed by atoms with E-state index in [0.717, 1.165) is 5.56 Å². The summed E-state index contributed by atoms with van der Waals surface area (Å²) >= 11 is 7.14. The van der Waals surface area contributed by atoms with Crippen molar-refractivity contribution in [3.05, 3.63) is 77.1 Å². The average Bonchev–Trinajstić information content (AvgIpc) is 3.21. The molecule has 0 aliphatic rings. The molecular weight excluding hydrogens is 474 g/mol. The Balaban J connectivity index is 1.68. The van der Waals surface area contributed by atoms with Gasteiger partial charge in [0.2, 0.25) is 5.91 Å². The number of anilines is 1. The molecule has 10 heteroatoms. The Morgan fingerprint density at radius 3 is 2.65 bits per heavy atom. The van der Waals surface area contributed by atoms with Crippen LogP contribution in [-0.2, 0) is 11.3 Å². The van der Waals surface area contributed by atoms with E-state index in [0.29, 0.717) is 39.5 Å². The van der Waals surface area contributed by atoms with Crippen LogP contribution in [0.15, 0.2) is 60.3 Å². The molecule has 0 aliphatic carbocycles. The van der Waals surface area contributed by atoms with E-state index in [9.17, 15) is 9.59 Å². The summed E-state index contributed by atoms with van der Waals surface area (Å²) in [6.07, 6.45) is 1.71. The summed E-state index contributed by atoms with van der Waals surface area (Å²) in [5, 5.41) is 15.4. The molecule has 0 fully saturated rings. The maximum atomic E-state index is 12.6. The molecule has 0 saturated heterocycles. The Hall–Kier alpha value is -3.30. The van der Waals surface area contributed by atoms with Gasteiger partial charge in [-0.25, -0.2) is 0 Å². The lowest BCUT2D eigenvalue weighted by Gasteiger charge is -2.15. The molecule has 178 valence electrons. The maximum Gasteiger partial charge on any atom is 0.251 e. The predicted molar refractivity (Wildman–Crippen MR) is 135 cm³/mol. The van der Waals surface area contributed by atoms with Gasteiger partial charge in [-0.2, -0.15) is 0 Å². The number of ether oxygens (including phenoxy) is 1. The van der Waals surface area contributed by atoms with Gasteiger partial charge in [-0.1, -0.05) is 35.5 Å². The van der Waals surface area contributed by atoms with Crippen molar-refractivity contribution in [3.63, 3.8) is 0 Å². The van der Waals surface area contributed by atoms with Crippen molar-refractivity contribution < 1.29 is 14.3 Å². The van der Waals surface area contributed by atoms with Gasteiger partial charge in [0.25, 0.3) is 5.91 Å². The van der Waals surface area contributed by atoms with Gasteiger partial charge in [0, 0.05) is 17.1 Å². The molecule has 8 nitrogen and oxygen atoms in total. The number of nitrogens with zero attached hydrogens (tertiary/aromatic N) is 3. The van der Waals surface area contributed by atoms with E-state index in [1.54, 1.807) is 37.5 Å². The Bertz CT molecular complexity index is 1180. The number of carbonyl (C=O) groups excluding carboxylic acids is 2. The predicted octanol–water partition coefficient (Wildman–Crippen LogP) is 4.66. The smallest absolute Gasteiger partial charge is 0.251 e. The van der Waals surface area contributed by atoms with E-state index in [1.165, 1.54) is 11.8 Å². The summed E-state index contributed by atoms with van der Waals surface area (Å²) < 4.78 is 7.14. The molecule has 1 atom stereocenters. The highest BCUT2D eigenvalue weighted by Crippen LogP contribution is 2.26. The maximum absolute atomic E-state index is 12.6. The van der Waals surface area contributed by atoms with Gasteiger partial charge >= 0.3 is 0 Å². The number of methoxy groups -OCH3 is 1. The number of halogens is 1. The number of carbonyl (C=O) groups is 2. The molecule has 34 heavy (non-hydrogen) atoms.